The highest BCUT2D eigenvalue weighted by molar-refractivity contribution is 5.99. The molecule has 4 aromatic rings. The number of halogens is 2. The van der Waals surface area contributed by atoms with E-state index in [4.69, 9.17) is 0 Å². The van der Waals surface area contributed by atoms with E-state index < -0.39 is 18.4 Å². The van der Waals surface area contributed by atoms with Gasteiger partial charge in [0.15, 0.2) is 0 Å². The number of rotatable bonds is 7. The zero-order valence-electron chi connectivity index (χ0n) is 17.6. The lowest BCUT2D eigenvalue weighted by molar-refractivity contribution is -0.0498. The van der Waals surface area contributed by atoms with Crippen LogP contribution in [0.5, 0.6) is 5.75 Å². The molecule has 0 spiro atoms. The fourth-order valence-corrected chi connectivity index (χ4v) is 3.01. The summed E-state index contributed by atoms with van der Waals surface area (Å²) in [5, 5.41) is 12.4. The highest BCUT2D eigenvalue weighted by Gasteiger charge is 2.12. The summed E-state index contributed by atoms with van der Waals surface area (Å²) >= 11 is 0. The third kappa shape index (κ3) is 5.76. The van der Waals surface area contributed by atoms with Crippen LogP contribution in [0.2, 0.25) is 0 Å². The molecule has 1 heterocycles. The number of nitrogens with one attached hydrogen (secondary N) is 2. The molecule has 0 aliphatic rings. The van der Waals surface area contributed by atoms with E-state index in [-0.39, 0.29) is 11.3 Å². The quantitative estimate of drug-likeness (QED) is 0.407. The van der Waals surface area contributed by atoms with Crippen molar-refractivity contribution in [3.8, 4) is 17.1 Å². The molecule has 4 rings (SSSR count). The highest BCUT2D eigenvalue weighted by atomic mass is 19.3. The number of tetrazole rings is 1. The minimum absolute atomic E-state index is 0.0454. The first-order valence-corrected chi connectivity index (χ1v) is 10.1. The van der Waals surface area contributed by atoms with Crippen molar-refractivity contribution in [1.29, 1.82) is 0 Å². The molecule has 0 fully saturated rings. The summed E-state index contributed by atoms with van der Waals surface area (Å²) in [6, 6.07) is 21.3. The third-order valence-corrected chi connectivity index (χ3v) is 4.64. The molecular weight excluding hydrogens is 446 g/mol. The van der Waals surface area contributed by atoms with Gasteiger partial charge in [-0.05, 0) is 41.1 Å². The van der Waals surface area contributed by atoms with E-state index in [0.717, 1.165) is 17.2 Å². The minimum atomic E-state index is -3.01. The SMILES string of the molecule is O=C(NNC(=O)c1cccc(OC(F)F)c1)c1ccc(Cn2nnc(-c3ccccc3)n2)cc1. The first kappa shape index (κ1) is 22.5. The van der Waals surface area contributed by atoms with E-state index in [2.05, 4.69) is 31.0 Å². The number of hydrogen-bond donors (Lipinski definition) is 2. The molecule has 2 amide bonds. The summed E-state index contributed by atoms with van der Waals surface area (Å²) in [5.74, 6) is -0.887. The van der Waals surface area contributed by atoms with Crippen molar-refractivity contribution < 1.29 is 23.1 Å². The second kappa shape index (κ2) is 10.3. The number of benzene rings is 3. The average Bonchev–Trinajstić information content (AvgIpc) is 3.31. The van der Waals surface area contributed by atoms with Crippen LogP contribution in [0.4, 0.5) is 8.78 Å². The van der Waals surface area contributed by atoms with Crippen molar-refractivity contribution in [3.05, 3.63) is 95.6 Å². The molecule has 0 unspecified atom stereocenters. The predicted molar refractivity (Wildman–Crippen MR) is 117 cm³/mol. The van der Waals surface area contributed by atoms with Crippen LogP contribution in [0.1, 0.15) is 26.3 Å². The molecule has 3 aromatic carbocycles. The fourth-order valence-electron chi connectivity index (χ4n) is 3.01. The molecule has 0 aliphatic carbocycles. The van der Waals surface area contributed by atoms with E-state index in [1.165, 1.54) is 23.0 Å². The predicted octanol–water partition coefficient (Wildman–Crippen LogP) is 3.06. The van der Waals surface area contributed by atoms with Crippen LogP contribution in [0, 0.1) is 0 Å². The Kier molecular flexibility index (Phi) is 6.82. The normalized spacial score (nSPS) is 10.7. The van der Waals surface area contributed by atoms with Crippen molar-refractivity contribution in [2.24, 2.45) is 0 Å². The maximum Gasteiger partial charge on any atom is 0.387 e. The van der Waals surface area contributed by atoms with Gasteiger partial charge in [-0.25, -0.2) is 0 Å². The van der Waals surface area contributed by atoms with Crippen molar-refractivity contribution in [2.45, 2.75) is 13.2 Å². The van der Waals surface area contributed by atoms with Gasteiger partial charge in [0, 0.05) is 16.7 Å². The van der Waals surface area contributed by atoms with E-state index in [9.17, 15) is 18.4 Å². The average molecular weight is 464 g/mol. The molecule has 34 heavy (non-hydrogen) atoms. The third-order valence-electron chi connectivity index (χ3n) is 4.64. The number of alkyl halides is 2. The van der Waals surface area contributed by atoms with Crippen LogP contribution >= 0.6 is 0 Å². The van der Waals surface area contributed by atoms with Crippen LogP contribution in [0.3, 0.4) is 0 Å². The van der Waals surface area contributed by atoms with Gasteiger partial charge in [-0.15, -0.1) is 10.2 Å². The number of carbonyl (C=O) groups is 2. The summed E-state index contributed by atoms with van der Waals surface area (Å²) in [6.45, 7) is -2.65. The van der Waals surface area contributed by atoms with Crippen LogP contribution < -0.4 is 15.6 Å². The Morgan fingerprint density at radius 2 is 1.59 bits per heavy atom. The molecule has 0 bridgehead atoms. The fraction of sp³-hybridized carbons (Fsp3) is 0.0870. The van der Waals surface area contributed by atoms with Gasteiger partial charge >= 0.3 is 6.61 Å². The maximum atomic E-state index is 12.3. The maximum absolute atomic E-state index is 12.3. The van der Waals surface area contributed by atoms with E-state index in [0.29, 0.717) is 17.9 Å². The Hall–Kier alpha value is -4.67. The largest absolute Gasteiger partial charge is 0.435 e. The monoisotopic (exact) mass is 464 g/mol. The molecule has 0 saturated heterocycles. The smallest absolute Gasteiger partial charge is 0.387 e. The van der Waals surface area contributed by atoms with Crippen LogP contribution in [0.25, 0.3) is 11.4 Å². The number of aromatic nitrogens is 4. The van der Waals surface area contributed by atoms with Crippen molar-refractivity contribution in [2.75, 3.05) is 0 Å². The number of ether oxygens (including phenoxy) is 1. The first-order valence-electron chi connectivity index (χ1n) is 10.1. The summed E-state index contributed by atoms with van der Waals surface area (Å²) in [4.78, 5) is 26.0. The number of amides is 2. The minimum Gasteiger partial charge on any atom is -0.435 e. The van der Waals surface area contributed by atoms with Gasteiger partial charge in [-0.3, -0.25) is 20.4 Å². The zero-order valence-corrected chi connectivity index (χ0v) is 17.6. The molecule has 0 aliphatic heterocycles. The second-order valence-corrected chi connectivity index (χ2v) is 7.02. The van der Waals surface area contributed by atoms with Crippen molar-refractivity contribution in [3.63, 3.8) is 0 Å². The van der Waals surface area contributed by atoms with E-state index >= 15 is 0 Å². The lowest BCUT2D eigenvalue weighted by atomic mass is 10.1. The number of carbonyl (C=O) groups excluding carboxylic acids is 2. The Morgan fingerprint density at radius 1 is 0.882 bits per heavy atom. The standard InChI is InChI=1S/C23H18F2N6O3/c24-23(25)34-19-8-4-7-18(13-19)22(33)28-27-21(32)17-11-9-15(10-12-17)14-31-29-20(26-30-31)16-5-2-1-3-6-16/h1-13,23H,14H2,(H,27,32)(H,28,33). The molecule has 9 nitrogen and oxygen atoms in total. The molecule has 0 radical (unpaired) electrons. The molecule has 2 N–H and O–H groups in total. The molecule has 11 heteroatoms. The van der Waals surface area contributed by atoms with Gasteiger partial charge in [-0.1, -0.05) is 48.5 Å². The van der Waals surface area contributed by atoms with Crippen LogP contribution in [-0.2, 0) is 6.54 Å². The first-order chi connectivity index (χ1) is 16.5. The Morgan fingerprint density at radius 3 is 2.29 bits per heavy atom. The molecule has 172 valence electrons. The molecular formula is C23H18F2N6O3. The van der Waals surface area contributed by atoms with Gasteiger partial charge in [0.05, 0.1) is 6.54 Å². The Bertz CT molecular complexity index is 1280. The summed E-state index contributed by atoms with van der Waals surface area (Å²) in [7, 11) is 0. The van der Waals surface area contributed by atoms with Crippen molar-refractivity contribution >= 4 is 11.8 Å². The van der Waals surface area contributed by atoms with Crippen LogP contribution in [0.15, 0.2) is 78.9 Å². The van der Waals surface area contributed by atoms with Crippen LogP contribution in [-0.4, -0.2) is 38.6 Å². The number of nitrogens with zero attached hydrogens (tertiary/aromatic N) is 4. The molecule has 0 saturated carbocycles. The lowest BCUT2D eigenvalue weighted by Gasteiger charge is -2.09. The molecule has 1 aromatic heterocycles. The van der Waals surface area contributed by atoms with Gasteiger partial charge in [0.2, 0.25) is 5.82 Å². The second-order valence-electron chi connectivity index (χ2n) is 7.02. The lowest BCUT2D eigenvalue weighted by Crippen LogP contribution is -2.41. The van der Waals surface area contributed by atoms with Crippen molar-refractivity contribution in [1.82, 2.24) is 31.1 Å². The zero-order chi connectivity index (χ0) is 23.9. The van der Waals surface area contributed by atoms with Gasteiger partial charge < -0.3 is 4.74 Å². The molecule has 0 atom stereocenters. The number of hydrazine groups is 1. The summed E-state index contributed by atoms with van der Waals surface area (Å²) in [6.07, 6.45) is 0. The summed E-state index contributed by atoms with van der Waals surface area (Å²) in [5.41, 5.74) is 6.56. The Labute approximate surface area is 192 Å². The van der Waals surface area contributed by atoms with E-state index in [1.54, 1.807) is 24.3 Å². The number of hydrogen-bond acceptors (Lipinski definition) is 6. The topological polar surface area (TPSA) is 111 Å². The highest BCUT2D eigenvalue weighted by Crippen LogP contribution is 2.16. The van der Waals surface area contributed by atoms with Gasteiger partial charge in [0.25, 0.3) is 11.8 Å². The van der Waals surface area contributed by atoms with Gasteiger partial charge in [0.1, 0.15) is 5.75 Å². The Balaban J connectivity index is 1.32. The van der Waals surface area contributed by atoms with Gasteiger partial charge in [-0.2, -0.15) is 13.6 Å². The summed E-state index contributed by atoms with van der Waals surface area (Å²) < 4.78 is 28.9. The van der Waals surface area contributed by atoms with E-state index in [1.807, 2.05) is 30.3 Å².